The van der Waals surface area contributed by atoms with E-state index in [1.54, 1.807) is 39.5 Å². The van der Waals surface area contributed by atoms with Crippen molar-refractivity contribution in [2.45, 2.75) is 18.4 Å². The van der Waals surface area contributed by atoms with Crippen LogP contribution in [0.25, 0.3) is 10.9 Å². The van der Waals surface area contributed by atoms with Gasteiger partial charge in [-0.15, -0.1) is 0 Å². The van der Waals surface area contributed by atoms with E-state index < -0.39 is 0 Å². The van der Waals surface area contributed by atoms with E-state index in [1.807, 2.05) is 18.2 Å². The molecule has 0 radical (unpaired) electrons. The summed E-state index contributed by atoms with van der Waals surface area (Å²) in [4.78, 5) is 17.2. The summed E-state index contributed by atoms with van der Waals surface area (Å²) < 4.78 is 15.8. The van der Waals surface area contributed by atoms with Crippen molar-refractivity contribution in [3.63, 3.8) is 0 Å². The molecule has 0 bridgehead atoms. The first kappa shape index (κ1) is 20.8. The zero-order chi connectivity index (χ0) is 20.8. The number of rotatable bonds is 8. The van der Waals surface area contributed by atoms with Crippen molar-refractivity contribution in [2.24, 2.45) is 0 Å². The van der Waals surface area contributed by atoms with Gasteiger partial charge in [0.25, 0.3) is 0 Å². The second kappa shape index (κ2) is 9.52. The SMILES string of the molecule is CCc1cc2ccc(OC)cc2nc1SCC(=O)Nc1ccc(OC)c(OC)c1. The number of aryl methyl sites for hydroxylation is 1. The first-order valence-corrected chi connectivity index (χ1v) is 10.2. The Labute approximate surface area is 174 Å². The Morgan fingerprint density at radius 1 is 1.00 bits per heavy atom. The van der Waals surface area contributed by atoms with Crippen molar-refractivity contribution in [1.82, 2.24) is 4.98 Å². The fourth-order valence-corrected chi connectivity index (χ4v) is 3.81. The predicted molar refractivity (Wildman–Crippen MR) is 117 cm³/mol. The number of carbonyl (C=O) groups is 1. The molecule has 0 unspecified atom stereocenters. The second-order valence-electron chi connectivity index (χ2n) is 6.27. The van der Waals surface area contributed by atoms with Crippen molar-refractivity contribution in [3.05, 3.63) is 48.0 Å². The maximum absolute atomic E-state index is 12.5. The minimum Gasteiger partial charge on any atom is -0.497 e. The molecule has 0 aliphatic heterocycles. The summed E-state index contributed by atoms with van der Waals surface area (Å²) in [6.45, 7) is 2.08. The number of hydrogen-bond donors (Lipinski definition) is 1. The smallest absolute Gasteiger partial charge is 0.234 e. The molecule has 3 aromatic rings. The van der Waals surface area contributed by atoms with Gasteiger partial charge in [0, 0.05) is 23.2 Å². The highest BCUT2D eigenvalue weighted by molar-refractivity contribution is 8.00. The normalized spacial score (nSPS) is 10.6. The van der Waals surface area contributed by atoms with Gasteiger partial charge in [0.15, 0.2) is 11.5 Å². The maximum atomic E-state index is 12.5. The van der Waals surface area contributed by atoms with E-state index >= 15 is 0 Å². The Morgan fingerprint density at radius 3 is 2.48 bits per heavy atom. The molecule has 6 nitrogen and oxygen atoms in total. The lowest BCUT2D eigenvalue weighted by Gasteiger charge is -2.12. The van der Waals surface area contributed by atoms with Crippen molar-refractivity contribution in [1.29, 1.82) is 0 Å². The molecule has 152 valence electrons. The van der Waals surface area contributed by atoms with Crippen molar-refractivity contribution in [2.75, 3.05) is 32.4 Å². The predicted octanol–water partition coefficient (Wildman–Crippen LogP) is 4.55. The minimum atomic E-state index is -0.114. The van der Waals surface area contributed by atoms with Gasteiger partial charge in [-0.1, -0.05) is 18.7 Å². The van der Waals surface area contributed by atoms with Crippen LogP contribution in [0, 0.1) is 0 Å². The number of ether oxygens (including phenoxy) is 3. The number of methoxy groups -OCH3 is 3. The number of nitrogens with zero attached hydrogens (tertiary/aromatic N) is 1. The Kier molecular flexibility index (Phi) is 6.82. The Balaban J connectivity index is 1.73. The molecule has 1 heterocycles. The Hall–Kier alpha value is -2.93. The monoisotopic (exact) mass is 412 g/mol. The van der Waals surface area contributed by atoms with Crippen LogP contribution in [0.2, 0.25) is 0 Å². The number of aromatic nitrogens is 1. The highest BCUT2D eigenvalue weighted by atomic mass is 32.2. The summed E-state index contributed by atoms with van der Waals surface area (Å²) in [7, 11) is 4.77. The first-order chi connectivity index (χ1) is 14.1. The molecule has 1 N–H and O–H groups in total. The molecule has 1 aromatic heterocycles. The number of thioether (sulfide) groups is 1. The molecule has 0 saturated heterocycles. The number of hydrogen-bond acceptors (Lipinski definition) is 6. The molecule has 0 spiro atoms. The van der Waals surface area contributed by atoms with Crippen LogP contribution >= 0.6 is 11.8 Å². The van der Waals surface area contributed by atoms with E-state index in [2.05, 4.69) is 18.3 Å². The lowest BCUT2D eigenvalue weighted by Crippen LogP contribution is -2.14. The Bertz CT molecular complexity index is 1020. The molecule has 0 aliphatic rings. The number of pyridine rings is 1. The highest BCUT2D eigenvalue weighted by Gasteiger charge is 2.12. The van der Waals surface area contributed by atoms with Gasteiger partial charge >= 0.3 is 0 Å². The van der Waals surface area contributed by atoms with Gasteiger partial charge in [0.05, 0.1) is 32.6 Å². The van der Waals surface area contributed by atoms with Gasteiger partial charge in [-0.3, -0.25) is 4.79 Å². The summed E-state index contributed by atoms with van der Waals surface area (Å²) in [5.74, 6) is 2.08. The Morgan fingerprint density at radius 2 is 1.79 bits per heavy atom. The van der Waals surface area contributed by atoms with E-state index in [0.29, 0.717) is 17.2 Å². The van der Waals surface area contributed by atoms with Crippen LogP contribution < -0.4 is 19.5 Å². The molecule has 2 aromatic carbocycles. The van der Waals surface area contributed by atoms with Crippen LogP contribution in [0.1, 0.15) is 12.5 Å². The molecule has 7 heteroatoms. The molecule has 0 fully saturated rings. The van der Waals surface area contributed by atoms with Crippen molar-refractivity contribution < 1.29 is 19.0 Å². The zero-order valence-electron chi connectivity index (χ0n) is 16.9. The highest BCUT2D eigenvalue weighted by Crippen LogP contribution is 2.30. The number of anilines is 1. The molecular formula is C22H24N2O4S. The minimum absolute atomic E-state index is 0.114. The van der Waals surface area contributed by atoms with Gasteiger partial charge in [0.1, 0.15) is 10.8 Å². The van der Waals surface area contributed by atoms with E-state index in [1.165, 1.54) is 11.8 Å². The third kappa shape index (κ3) is 4.92. The second-order valence-corrected chi connectivity index (χ2v) is 7.24. The number of fused-ring (bicyclic) bond motifs is 1. The molecule has 3 rings (SSSR count). The zero-order valence-corrected chi connectivity index (χ0v) is 17.8. The summed E-state index contributed by atoms with van der Waals surface area (Å²) in [5.41, 5.74) is 2.62. The van der Waals surface area contributed by atoms with Crippen LogP contribution in [0.3, 0.4) is 0 Å². The summed E-state index contributed by atoms with van der Waals surface area (Å²) in [5, 5.41) is 4.80. The van der Waals surface area contributed by atoms with Gasteiger partial charge < -0.3 is 19.5 Å². The van der Waals surface area contributed by atoms with Gasteiger partial charge in [-0.05, 0) is 42.3 Å². The van der Waals surface area contributed by atoms with E-state index in [9.17, 15) is 4.79 Å². The number of benzene rings is 2. The third-order valence-electron chi connectivity index (χ3n) is 4.45. The first-order valence-electron chi connectivity index (χ1n) is 9.20. The van der Waals surface area contributed by atoms with Crippen molar-refractivity contribution >= 4 is 34.3 Å². The van der Waals surface area contributed by atoms with Gasteiger partial charge in [-0.2, -0.15) is 0 Å². The van der Waals surface area contributed by atoms with Crippen LogP contribution in [0.15, 0.2) is 47.5 Å². The molecule has 0 aliphatic carbocycles. The standard InChI is InChI=1S/C22H24N2O4S/c1-5-14-10-15-6-8-17(26-2)12-18(15)24-22(14)29-13-21(25)23-16-7-9-19(27-3)20(11-16)28-4/h6-12H,5,13H2,1-4H3,(H,23,25). The largest absolute Gasteiger partial charge is 0.497 e. The molecular weight excluding hydrogens is 388 g/mol. The quantitative estimate of drug-likeness (QED) is 0.547. The van der Waals surface area contributed by atoms with E-state index in [-0.39, 0.29) is 11.7 Å². The fourth-order valence-electron chi connectivity index (χ4n) is 2.92. The average Bonchev–Trinajstić information content (AvgIpc) is 2.76. The molecule has 0 atom stereocenters. The van der Waals surface area contributed by atoms with Gasteiger partial charge in [0.2, 0.25) is 5.91 Å². The van der Waals surface area contributed by atoms with E-state index in [4.69, 9.17) is 19.2 Å². The number of amides is 1. The number of carbonyl (C=O) groups excluding carboxylic acids is 1. The third-order valence-corrected chi connectivity index (χ3v) is 5.49. The lowest BCUT2D eigenvalue weighted by atomic mass is 10.1. The van der Waals surface area contributed by atoms with E-state index in [0.717, 1.165) is 33.7 Å². The molecule has 1 amide bonds. The number of nitrogens with one attached hydrogen (secondary N) is 1. The molecule has 29 heavy (non-hydrogen) atoms. The fraction of sp³-hybridized carbons (Fsp3) is 0.273. The van der Waals surface area contributed by atoms with Crippen LogP contribution in [0.5, 0.6) is 17.2 Å². The maximum Gasteiger partial charge on any atom is 0.234 e. The van der Waals surface area contributed by atoms with Crippen LogP contribution in [-0.4, -0.2) is 38.0 Å². The average molecular weight is 413 g/mol. The molecule has 0 saturated carbocycles. The van der Waals surface area contributed by atoms with Crippen molar-refractivity contribution in [3.8, 4) is 17.2 Å². The summed E-state index contributed by atoms with van der Waals surface area (Å²) in [6, 6.07) is 13.2. The lowest BCUT2D eigenvalue weighted by molar-refractivity contribution is -0.113. The van der Waals surface area contributed by atoms with Gasteiger partial charge in [-0.25, -0.2) is 4.98 Å². The van der Waals surface area contributed by atoms with Crippen LogP contribution in [0.4, 0.5) is 5.69 Å². The summed E-state index contributed by atoms with van der Waals surface area (Å²) in [6.07, 6.45) is 0.842. The summed E-state index contributed by atoms with van der Waals surface area (Å²) >= 11 is 1.42. The van der Waals surface area contributed by atoms with Crippen LogP contribution in [-0.2, 0) is 11.2 Å². The topological polar surface area (TPSA) is 69.7 Å².